The van der Waals surface area contributed by atoms with Crippen molar-refractivity contribution in [2.75, 3.05) is 10.6 Å². The second-order valence-electron chi connectivity index (χ2n) is 10.3. The molecule has 1 aliphatic heterocycles. The predicted octanol–water partition coefficient (Wildman–Crippen LogP) is 6.76. The van der Waals surface area contributed by atoms with E-state index in [1.165, 1.54) is 6.07 Å². The smallest absolute Gasteiger partial charge is 0.141 e. The molecular weight excluding hydrogens is 537 g/mol. The number of terminal acetylenes is 1. The van der Waals surface area contributed by atoms with Crippen molar-refractivity contribution in [2.45, 2.75) is 51.2 Å². The summed E-state index contributed by atoms with van der Waals surface area (Å²) in [5.41, 5.74) is 11.2. The zero-order chi connectivity index (χ0) is 29.4. The van der Waals surface area contributed by atoms with Crippen molar-refractivity contribution < 1.29 is 5.76 Å². The first-order valence-electron chi connectivity index (χ1n) is 14.1. The molecule has 2 aromatic heterocycles. The number of pyridine rings is 2. The molecule has 1 aliphatic carbocycles. The van der Waals surface area contributed by atoms with Crippen LogP contribution in [0.3, 0.4) is 0 Å². The molecule has 1 saturated carbocycles. The number of rotatable bonds is 9. The topological polar surface area (TPSA) is 77.1 Å². The molecule has 4 aromatic rings. The second kappa shape index (κ2) is 11.3. The van der Waals surface area contributed by atoms with Crippen molar-refractivity contribution in [3.8, 4) is 12.3 Å². The highest BCUT2D eigenvalue weighted by Crippen LogP contribution is 2.38. The summed E-state index contributed by atoms with van der Waals surface area (Å²) in [6, 6.07) is 13.8. The third kappa shape index (κ3) is 5.51. The molecule has 2 aromatic carbocycles. The van der Waals surface area contributed by atoms with Crippen molar-refractivity contribution in [3.63, 3.8) is 0 Å². The van der Waals surface area contributed by atoms with Crippen LogP contribution in [0.25, 0.3) is 10.9 Å². The molecule has 6 rings (SSSR count). The molecule has 208 valence electrons. The Bertz CT molecular complexity index is 1720. The summed E-state index contributed by atoms with van der Waals surface area (Å²) in [6.45, 7) is 3.86. The molecular formula is C32H31ClFN7. The van der Waals surface area contributed by atoms with E-state index in [1.807, 2.05) is 35.5 Å². The number of aryl methyl sites for hydroxylation is 1. The number of fused-ring (bicyclic) bond motifs is 1. The largest absolute Gasteiger partial charge is 0.377 e. The highest BCUT2D eigenvalue weighted by atomic mass is 35.5. The Hall–Kier alpha value is -4.32. The monoisotopic (exact) mass is 568 g/mol. The minimum atomic E-state index is -1.65. The number of hydrogen-bond acceptors (Lipinski definition) is 7. The van der Waals surface area contributed by atoms with E-state index in [-0.39, 0.29) is 6.04 Å². The lowest BCUT2D eigenvalue weighted by Crippen LogP contribution is -2.38. The van der Waals surface area contributed by atoms with Crippen molar-refractivity contribution in [2.24, 2.45) is 0 Å². The van der Waals surface area contributed by atoms with Crippen molar-refractivity contribution in [3.05, 3.63) is 106 Å². The number of anilines is 2. The van der Waals surface area contributed by atoms with Crippen LogP contribution in [0, 0.1) is 25.1 Å². The number of nitrogens with zero attached hydrogens (tertiary/aromatic N) is 3. The summed E-state index contributed by atoms with van der Waals surface area (Å²) in [6.07, 6.45) is 13.5. The summed E-state index contributed by atoms with van der Waals surface area (Å²) >= 11 is 6.81. The fourth-order valence-electron chi connectivity index (χ4n) is 5.07. The standard InChI is InChI=1S/C32H31ClFN7/c1-4-20-16-36-31-26(30(20)38-28(5-2)21-9-7-6-8-10-21)14-23(15-27(31)33)37-32(25-13-22(34)17-35-19(25)3)29-18-41(40-39-29)24-11-12-24/h1,6-10,13-18,24,28,32,37,39-40H,5,11-12H2,2-3H3,(H,36,38)/t28-,32+/m1/s1/i32D. The van der Waals surface area contributed by atoms with Gasteiger partial charge in [0, 0.05) is 40.8 Å². The molecule has 3 heterocycles. The number of aromatic nitrogens is 2. The van der Waals surface area contributed by atoms with Gasteiger partial charge in [0.1, 0.15) is 5.82 Å². The van der Waals surface area contributed by atoms with Crippen LogP contribution >= 0.6 is 11.6 Å². The Kier molecular flexibility index (Phi) is 7.05. The number of halogens is 2. The van der Waals surface area contributed by atoms with Crippen molar-refractivity contribution >= 4 is 33.9 Å². The summed E-state index contributed by atoms with van der Waals surface area (Å²) in [4.78, 5) is 8.77. The molecule has 7 nitrogen and oxygen atoms in total. The molecule has 0 unspecified atom stereocenters. The summed E-state index contributed by atoms with van der Waals surface area (Å²) in [5, 5.41) is 10.00. The van der Waals surface area contributed by atoms with Crippen molar-refractivity contribution in [1.82, 2.24) is 25.9 Å². The minimum absolute atomic E-state index is 0.0112. The zero-order valence-electron chi connectivity index (χ0n) is 23.8. The fourth-order valence-corrected chi connectivity index (χ4v) is 5.34. The van der Waals surface area contributed by atoms with E-state index in [0.717, 1.165) is 36.7 Å². The van der Waals surface area contributed by atoms with Crippen LogP contribution in [0.15, 0.2) is 72.8 Å². The van der Waals surface area contributed by atoms with E-state index in [1.54, 1.807) is 19.2 Å². The molecule has 2 aliphatic rings. The van der Waals surface area contributed by atoms with Gasteiger partial charge in [0.2, 0.25) is 0 Å². The van der Waals surface area contributed by atoms with E-state index < -0.39 is 11.8 Å². The maximum Gasteiger partial charge on any atom is 0.141 e. The number of hydrogen-bond donors (Lipinski definition) is 4. The fraction of sp³-hybridized carbons (Fsp3) is 0.250. The average molecular weight is 569 g/mol. The van der Waals surface area contributed by atoms with Crippen LogP contribution in [0.1, 0.15) is 62.0 Å². The molecule has 4 N–H and O–H groups in total. The first-order valence-corrected chi connectivity index (χ1v) is 14.0. The highest BCUT2D eigenvalue weighted by molar-refractivity contribution is 6.35. The quantitative estimate of drug-likeness (QED) is 0.166. The third-order valence-corrected chi connectivity index (χ3v) is 7.69. The van der Waals surface area contributed by atoms with Crippen LogP contribution in [-0.2, 0) is 0 Å². The lowest BCUT2D eigenvalue weighted by molar-refractivity contribution is 0.260. The van der Waals surface area contributed by atoms with Crippen LogP contribution in [0.2, 0.25) is 5.02 Å². The number of benzene rings is 2. The van der Waals surface area contributed by atoms with E-state index >= 15 is 0 Å². The highest BCUT2D eigenvalue weighted by Gasteiger charge is 2.33. The predicted molar refractivity (Wildman–Crippen MR) is 162 cm³/mol. The molecule has 0 amide bonds. The maximum atomic E-state index is 14.5. The van der Waals surface area contributed by atoms with Gasteiger partial charge in [0.15, 0.2) is 0 Å². The van der Waals surface area contributed by atoms with Gasteiger partial charge in [0.25, 0.3) is 0 Å². The average Bonchev–Trinajstić information content (AvgIpc) is 3.72. The Morgan fingerprint density at radius 2 is 2.00 bits per heavy atom. The Morgan fingerprint density at radius 3 is 2.73 bits per heavy atom. The minimum Gasteiger partial charge on any atom is -0.377 e. The van der Waals surface area contributed by atoms with Crippen LogP contribution in [0.5, 0.6) is 0 Å². The van der Waals surface area contributed by atoms with Gasteiger partial charge >= 0.3 is 0 Å². The van der Waals surface area contributed by atoms with Crippen LogP contribution < -0.4 is 21.6 Å². The number of nitrogens with one attached hydrogen (secondary N) is 4. The Labute approximate surface area is 245 Å². The summed E-state index contributed by atoms with van der Waals surface area (Å²) < 4.78 is 24.3. The molecule has 2 atom stereocenters. The lowest BCUT2D eigenvalue weighted by atomic mass is 10.0. The van der Waals surface area contributed by atoms with Gasteiger partial charge in [0.05, 0.1) is 47.1 Å². The van der Waals surface area contributed by atoms with Gasteiger partial charge in [-0.2, -0.15) is 0 Å². The van der Waals surface area contributed by atoms with Crippen molar-refractivity contribution in [1.29, 1.82) is 0 Å². The van der Waals surface area contributed by atoms with Crippen LogP contribution in [-0.4, -0.2) is 21.0 Å². The molecule has 0 bridgehead atoms. The molecule has 0 spiro atoms. The van der Waals surface area contributed by atoms with E-state index in [4.69, 9.17) is 18.0 Å². The maximum absolute atomic E-state index is 14.5. The third-order valence-electron chi connectivity index (χ3n) is 7.40. The van der Waals surface area contributed by atoms with Crippen LogP contribution in [0.4, 0.5) is 15.8 Å². The van der Waals surface area contributed by atoms with E-state index in [9.17, 15) is 5.76 Å². The molecule has 41 heavy (non-hydrogen) atoms. The van der Waals surface area contributed by atoms with Gasteiger partial charge in [-0.05, 0) is 49.9 Å². The molecule has 9 heteroatoms. The SMILES string of the molecule is [2H][C@@](Nc1cc(Cl)c2ncc(C#C)c(N[C@H](CC)c3ccccc3)c2c1)(C1=CN(C2CC2)NN1)c1cc(F)cnc1C. The first-order chi connectivity index (χ1) is 20.3. The van der Waals surface area contributed by atoms with Gasteiger partial charge in [-0.25, -0.2) is 4.39 Å². The molecule has 0 radical (unpaired) electrons. The number of hydrazine groups is 2. The van der Waals surface area contributed by atoms with Gasteiger partial charge < -0.3 is 16.1 Å². The van der Waals surface area contributed by atoms with E-state index in [0.29, 0.717) is 50.2 Å². The first kappa shape index (κ1) is 25.6. The molecule has 0 saturated heterocycles. The van der Waals surface area contributed by atoms with Gasteiger partial charge in [-0.15, -0.1) is 12.0 Å². The summed E-state index contributed by atoms with van der Waals surface area (Å²) in [7, 11) is 0. The van der Waals surface area contributed by atoms with Gasteiger partial charge in [-0.1, -0.05) is 54.8 Å². The normalized spacial score (nSPS) is 17.2. The molecule has 1 fully saturated rings. The summed E-state index contributed by atoms with van der Waals surface area (Å²) in [5.74, 6) is 2.22. The second-order valence-corrected chi connectivity index (χ2v) is 10.7. The Morgan fingerprint density at radius 1 is 1.20 bits per heavy atom. The lowest BCUT2D eigenvalue weighted by Gasteiger charge is -2.24. The Balaban J connectivity index is 1.47. The van der Waals surface area contributed by atoms with E-state index in [2.05, 4.69) is 56.5 Å². The zero-order valence-corrected chi connectivity index (χ0v) is 23.6. The van der Waals surface area contributed by atoms with Gasteiger partial charge in [-0.3, -0.25) is 15.0 Å².